The molecule has 1 atom stereocenters. The van der Waals surface area contributed by atoms with E-state index in [9.17, 15) is 4.79 Å². The van der Waals surface area contributed by atoms with Crippen LogP contribution < -0.4 is 9.64 Å². The minimum absolute atomic E-state index is 0.00748. The largest absolute Gasteiger partial charge is 0.497 e. The Morgan fingerprint density at radius 3 is 2.64 bits per heavy atom. The number of rotatable bonds is 7. The molecule has 0 saturated carbocycles. The fraction of sp³-hybridized carbons (Fsp3) is 0.300. The average molecular weight is 354 g/mol. The first kappa shape index (κ1) is 18.9. The third kappa shape index (κ3) is 5.27. The van der Waals surface area contributed by atoms with Crippen molar-refractivity contribution < 1.29 is 9.53 Å². The van der Waals surface area contributed by atoms with E-state index < -0.39 is 0 Å². The number of aryl methyl sites for hydroxylation is 1. The van der Waals surface area contributed by atoms with E-state index in [1.54, 1.807) is 12.0 Å². The lowest BCUT2D eigenvalue weighted by Gasteiger charge is -2.25. The molecule has 1 amide bonds. The van der Waals surface area contributed by atoms with Gasteiger partial charge in [0.05, 0.1) is 24.8 Å². The van der Waals surface area contributed by atoms with Gasteiger partial charge in [-0.05, 0) is 44.2 Å². The van der Waals surface area contributed by atoms with Crippen molar-refractivity contribution in [3.63, 3.8) is 0 Å². The molecule has 2 rings (SSSR count). The number of hydrogen-bond donors (Lipinski definition) is 0. The number of ether oxygens (including phenoxy) is 1. The average Bonchev–Trinajstić information content (AvgIpc) is 2.63. The third-order valence-corrected chi connectivity index (χ3v) is 4.84. The Morgan fingerprint density at radius 2 is 2.00 bits per heavy atom. The highest BCUT2D eigenvalue weighted by Crippen LogP contribution is 2.29. The van der Waals surface area contributed by atoms with Gasteiger partial charge in [0.1, 0.15) is 5.75 Å². The van der Waals surface area contributed by atoms with Gasteiger partial charge < -0.3 is 9.64 Å². The topological polar surface area (TPSA) is 53.3 Å². The van der Waals surface area contributed by atoms with Crippen molar-refractivity contribution in [2.45, 2.75) is 30.4 Å². The predicted molar refractivity (Wildman–Crippen MR) is 102 cm³/mol. The molecule has 2 aromatic rings. The minimum Gasteiger partial charge on any atom is -0.497 e. The zero-order valence-electron chi connectivity index (χ0n) is 14.7. The van der Waals surface area contributed by atoms with Gasteiger partial charge in [-0.2, -0.15) is 5.26 Å². The molecule has 0 aliphatic carbocycles. The molecule has 4 nitrogen and oxygen atoms in total. The number of amides is 1. The van der Waals surface area contributed by atoms with Gasteiger partial charge in [0.15, 0.2) is 0 Å². The lowest BCUT2D eigenvalue weighted by molar-refractivity contribution is -0.117. The van der Waals surface area contributed by atoms with Crippen LogP contribution in [0.25, 0.3) is 0 Å². The van der Waals surface area contributed by atoms with Crippen LogP contribution in [0.4, 0.5) is 5.69 Å². The van der Waals surface area contributed by atoms with E-state index in [4.69, 9.17) is 10.00 Å². The van der Waals surface area contributed by atoms with Gasteiger partial charge in [-0.3, -0.25) is 4.79 Å². The summed E-state index contributed by atoms with van der Waals surface area (Å²) in [5.74, 6) is 0.761. The van der Waals surface area contributed by atoms with Gasteiger partial charge >= 0.3 is 0 Å². The van der Waals surface area contributed by atoms with Gasteiger partial charge in [0.25, 0.3) is 0 Å². The fourth-order valence-corrected chi connectivity index (χ4v) is 3.38. The predicted octanol–water partition coefficient (Wildman–Crippen LogP) is 4.43. The van der Waals surface area contributed by atoms with Crippen molar-refractivity contribution in [1.82, 2.24) is 0 Å². The van der Waals surface area contributed by atoms with E-state index in [1.165, 1.54) is 11.8 Å². The maximum Gasteiger partial charge on any atom is 0.240 e. The molecule has 0 aromatic heterocycles. The van der Waals surface area contributed by atoms with Crippen LogP contribution in [0.1, 0.15) is 18.9 Å². The zero-order valence-corrected chi connectivity index (χ0v) is 15.5. The van der Waals surface area contributed by atoms with Crippen LogP contribution in [0.2, 0.25) is 0 Å². The molecule has 0 aliphatic rings. The van der Waals surface area contributed by atoms with E-state index >= 15 is 0 Å². The SMILES string of the molecule is COc1cccc(SC(C)C(=O)N(CCC#N)c2ccc(C)cc2)c1. The van der Waals surface area contributed by atoms with E-state index in [1.807, 2.05) is 62.4 Å². The first-order valence-corrected chi connectivity index (χ1v) is 8.99. The molecule has 130 valence electrons. The van der Waals surface area contributed by atoms with E-state index in [0.717, 1.165) is 21.9 Å². The number of thioether (sulfide) groups is 1. The monoisotopic (exact) mass is 354 g/mol. The number of nitrogens with zero attached hydrogens (tertiary/aromatic N) is 2. The van der Waals surface area contributed by atoms with Crippen molar-refractivity contribution >= 4 is 23.4 Å². The maximum absolute atomic E-state index is 13.0. The van der Waals surface area contributed by atoms with Gasteiger partial charge in [-0.1, -0.05) is 23.8 Å². The van der Waals surface area contributed by atoms with Gasteiger partial charge in [-0.15, -0.1) is 11.8 Å². The standard InChI is InChI=1S/C20H22N2O2S/c1-15-8-10-17(11-9-15)22(13-5-12-21)20(23)16(2)25-19-7-4-6-18(14-19)24-3/h4,6-11,14,16H,5,13H2,1-3H3. The van der Waals surface area contributed by atoms with Crippen LogP contribution in [0.5, 0.6) is 5.75 Å². The van der Waals surface area contributed by atoms with Crippen LogP contribution in [0, 0.1) is 18.3 Å². The quantitative estimate of drug-likeness (QED) is 0.690. The molecule has 2 aromatic carbocycles. The van der Waals surface area contributed by atoms with Crippen LogP contribution >= 0.6 is 11.8 Å². The Labute approximate surface area is 153 Å². The van der Waals surface area contributed by atoms with Gasteiger partial charge in [0, 0.05) is 17.1 Å². The molecule has 0 spiro atoms. The van der Waals surface area contributed by atoms with E-state index in [0.29, 0.717) is 13.0 Å². The molecule has 1 unspecified atom stereocenters. The molecule has 0 heterocycles. The second-order valence-electron chi connectivity index (χ2n) is 5.67. The number of benzene rings is 2. The number of carbonyl (C=O) groups is 1. The molecule has 0 fully saturated rings. The normalized spacial score (nSPS) is 11.4. The van der Waals surface area contributed by atoms with Crippen LogP contribution in [-0.2, 0) is 4.79 Å². The smallest absolute Gasteiger partial charge is 0.240 e. The minimum atomic E-state index is -0.271. The maximum atomic E-state index is 13.0. The van der Waals surface area contributed by atoms with Crippen LogP contribution in [0.15, 0.2) is 53.4 Å². The molecule has 0 saturated heterocycles. The highest BCUT2D eigenvalue weighted by molar-refractivity contribution is 8.00. The second kappa shape index (κ2) is 9.14. The van der Waals surface area contributed by atoms with Gasteiger partial charge in [0.2, 0.25) is 5.91 Å². The van der Waals surface area contributed by atoms with Crippen LogP contribution in [-0.4, -0.2) is 24.8 Å². The molecule has 5 heteroatoms. The Bertz CT molecular complexity index is 753. The summed E-state index contributed by atoms with van der Waals surface area (Å²) in [5.41, 5.74) is 1.96. The molecular formula is C20H22N2O2S. The summed E-state index contributed by atoms with van der Waals surface area (Å²) in [7, 11) is 1.62. The highest BCUT2D eigenvalue weighted by Gasteiger charge is 2.22. The Kier molecular flexibility index (Phi) is 6.91. The summed E-state index contributed by atoms with van der Waals surface area (Å²) in [6.45, 7) is 4.29. The number of hydrogen-bond acceptors (Lipinski definition) is 4. The summed E-state index contributed by atoms with van der Waals surface area (Å²) in [6.07, 6.45) is 0.302. The van der Waals surface area contributed by atoms with Gasteiger partial charge in [-0.25, -0.2) is 0 Å². The molecule has 0 radical (unpaired) electrons. The Morgan fingerprint density at radius 1 is 1.28 bits per heavy atom. The summed E-state index contributed by atoms with van der Waals surface area (Å²) >= 11 is 1.49. The summed E-state index contributed by atoms with van der Waals surface area (Å²) in [6, 6.07) is 17.6. The number of carbonyl (C=O) groups excluding carboxylic acids is 1. The lowest BCUT2D eigenvalue weighted by atomic mass is 10.2. The van der Waals surface area contributed by atoms with E-state index in [2.05, 4.69) is 6.07 Å². The Hall–Kier alpha value is -2.45. The molecular weight excluding hydrogens is 332 g/mol. The van der Waals surface area contributed by atoms with Crippen molar-refractivity contribution in [2.24, 2.45) is 0 Å². The highest BCUT2D eigenvalue weighted by atomic mass is 32.2. The number of anilines is 1. The zero-order chi connectivity index (χ0) is 18.2. The summed E-state index contributed by atoms with van der Waals surface area (Å²) in [4.78, 5) is 15.6. The molecule has 0 bridgehead atoms. The first-order valence-electron chi connectivity index (χ1n) is 8.11. The molecule has 0 aliphatic heterocycles. The molecule has 0 N–H and O–H groups in total. The van der Waals surface area contributed by atoms with Crippen molar-refractivity contribution in [3.8, 4) is 11.8 Å². The Balaban J connectivity index is 2.16. The van der Waals surface area contributed by atoms with Crippen molar-refractivity contribution in [3.05, 3.63) is 54.1 Å². The summed E-state index contributed by atoms with van der Waals surface area (Å²) in [5, 5.41) is 8.64. The fourth-order valence-electron chi connectivity index (χ4n) is 2.40. The second-order valence-corrected chi connectivity index (χ2v) is 7.09. The first-order chi connectivity index (χ1) is 12.0. The van der Waals surface area contributed by atoms with Crippen molar-refractivity contribution in [2.75, 3.05) is 18.6 Å². The number of methoxy groups -OCH3 is 1. The van der Waals surface area contributed by atoms with Crippen molar-refractivity contribution in [1.29, 1.82) is 5.26 Å². The number of nitriles is 1. The molecule has 25 heavy (non-hydrogen) atoms. The van der Waals surface area contributed by atoms with Crippen LogP contribution in [0.3, 0.4) is 0 Å². The third-order valence-electron chi connectivity index (χ3n) is 3.76. The lowest BCUT2D eigenvalue weighted by Crippen LogP contribution is -2.37. The summed E-state index contributed by atoms with van der Waals surface area (Å²) < 4.78 is 5.23. The van der Waals surface area contributed by atoms with E-state index in [-0.39, 0.29) is 11.2 Å².